The van der Waals surface area contributed by atoms with E-state index < -0.39 is 18.5 Å². The Bertz CT molecular complexity index is 841. The van der Waals surface area contributed by atoms with Gasteiger partial charge >= 0.3 is 6.61 Å². The van der Waals surface area contributed by atoms with Crippen LogP contribution in [0.1, 0.15) is 27.6 Å². The molecule has 2 rings (SSSR count). The highest BCUT2D eigenvalue weighted by molar-refractivity contribution is 6.09. The first kappa shape index (κ1) is 20.0. The third kappa shape index (κ3) is 4.84. The zero-order chi connectivity index (χ0) is 20.0. The van der Waals surface area contributed by atoms with Crippen LogP contribution < -0.4 is 24.6 Å². The number of para-hydroxylation sites is 1. The predicted octanol–water partition coefficient (Wildman–Crippen LogP) is 2.31. The molecule has 1 amide bonds. The van der Waals surface area contributed by atoms with Gasteiger partial charge in [-0.05, 0) is 25.1 Å². The number of anilines is 1. The van der Waals surface area contributed by atoms with Gasteiger partial charge in [-0.3, -0.25) is 4.79 Å². The molecular formula is C18H16F2NO6-. The number of carbonyl (C=O) groups is 2. The number of nitrogens with one attached hydrogen (secondary N) is 1. The third-order valence-corrected chi connectivity index (χ3v) is 3.42. The van der Waals surface area contributed by atoms with Crippen LogP contribution in [0.15, 0.2) is 36.4 Å². The van der Waals surface area contributed by atoms with Crippen LogP contribution in [0.2, 0.25) is 0 Å². The summed E-state index contributed by atoms with van der Waals surface area (Å²) in [5, 5.41) is 13.8. The number of amides is 1. The number of carbonyl (C=O) groups excluding carboxylic acids is 2. The maximum atomic E-state index is 12.5. The van der Waals surface area contributed by atoms with Crippen molar-refractivity contribution < 1.29 is 37.7 Å². The number of alkyl halides is 2. The molecule has 7 nitrogen and oxygen atoms in total. The third-order valence-electron chi connectivity index (χ3n) is 3.42. The second kappa shape index (κ2) is 8.84. The summed E-state index contributed by atoms with van der Waals surface area (Å²) in [5.41, 5.74) is -0.706. The molecule has 0 heterocycles. The summed E-state index contributed by atoms with van der Waals surface area (Å²) in [6.07, 6.45) is 0. The van der Waals surface area contributed by atoms with Gasteiger partial charge in [0.1, 0.15) is 5.75 Å². The van der Waals surface area contributed by atoms with Crippen molar-refractivity contribution in [2.45, 2.75) is 13.5 Å². The zero-order valence-corrected chi connectivity index (χ0v) is 14.5. The van der Waals surface area contributed by atoms with Crippen LogP contribution in [0.3, 0.4) is 0 Å². The van der Waals surface area contributed by atoms with Gasteiger partial charge in [-0.1, -0.05) is 12.1 Å². The number of benzene rings is 2. The minimum atomic E-state index is -3.12. The number of hydrogen-bond donors (Lipinski definition) is 1. The predicted molar refractivity (Wildman–Crippen MR) is 89.5 cm³/mol. The molecule has 144 valence electrons. The van der Waals surface area contributed by atoms with E-state index in [0.717, 1.165) is 6.07 Å². The van der Waals surface area contributed by atoms with E-state index in [2.05, 4.69) is 10.1 Å². The Hall–Kier alpha value is -3.36. The van der Waals surface area contributed by atoms with Crippen LogP contribution >= 0.6 is 0 Å². The lowest BCUT2D eigenvalue weighted by molar-refractivity contribution is -0.254. The van der Waals surface area contributed by atoms with Gasteiger partial charge in [0, 0.05) is 11.6 Å². The van der Waals surface area contributed by atoms with E-state index >= 15 is 0 Å². The summed E-state index contributed by atoms with van der Waals surface area (Å²) in [4.78, 5) is 23.9. The first-order valence-corrected chi connectivity index (χ1v) is 7.78. The molecule has 0 unspecified atom stereocenters. The van der Waals surface area contributed by atoms with E-state index in [1.807, 2.05) is 0 Å². The van der Waals surface area contributed by atoms with E-state index in [4.69, 9.17) is 9.47 Å². The average molecular weight is 380 g/mol. The maximum absolute atomic E-state index is 12.5. The summed E-state index contributed by atoms with van der Waals surface area (Å²) >= 11 is 0. The van der Waals surface area contributed by atoms with Gasteiger partial charge in [-0.2, -0.15) is 8.78 Å². The topological polar surface area (TPSA) is 96.9 Å². The molecule has 0 bridgehead atoms. The Balaban J connectivity index is 2.42. The van der Waals surface area contributed by atoms with Gasteiger partial charge in [-0.25, -0.2) is 0 Å². The number of carboxylic acids is 1. The van der Waals surface area contributed by atoms with E-state index in [1.165, 1.54) is 37.4 Å². The molecule has 0 fully saturated rings. The minimum Gasteiger partial charge on any atom is -0.545 e. The lowest BCUT2D eigenvalue weighted by Gasteiger charge is -2.17. The van der Waals surface area contributed by atoms with Gasteiger partial charge < -0.3 is 29.4 Å². The monoisotopic (exact) mass is 380 g/mol. The number of carboxylic acid groups (broad SMARTS) is 1. The Morgan fingerprint density at radius 3 is 2.41 bits per heavy atom. The highest BCUT2D eigenvalue weighted by Gasteiger charge is 2.19. The number of methoxy groups -OCH3 is 1. The molecule has 0 radical (unpaired) electrons. The fraction of sp³-hybridized carbons (Fsp3) is 0.222. The molecule has 27 heavy (non-hydrogen) atoms. The lowest BCUT2D eigenvalue weighted by atomic mass is 10.1. The van der Waals surface area contributed by atoms with Crippen LogP contribution in [0.5, 0.6) is 17.2 Å². The van der Waals surface area contributed by atoms with Crippen LogP contribution in [-0.4, -0.2) is 32.2 Å². The van der Waals surface area contributed by atoms with E-state index in [1.54, 1.807) is 6.92 Å². The zero-order valence-electron chi connectivity index (χ0n) is 14.5. The highest BCUT2D eigenvalue weighted by atomic mass is 19.3. The highest BCUT2D eigenvalue weighted by Crippen LogP contribution is 2.34. The Labute approximate surface area is 153 Å². The van der Waals surface area contributed by atoms with Gasteiger partial charge in [-0.15, -0.1) is 0 Å². The first-order chi connectivity index (χ1) is 12.9. The summed E-state index contributed by atoms with van der Waals surface area (Å²) in [5.74, 6) is -2.43. The molecule has 9 heteroatoms. The van der Waals surface area contributed by atoms with Crippen molar-refractivity contribution in [2.75, 3.05) is 19.0 Å². The summed E-state index contributed by atoms with van der Waals surface area (Å²) in [6.45, 7) is -1.15. The number of ether oxygens (including phenoxy) is 3. The van der Waals surface area contributed by atoms with Gasteiger partial charge in [0.15, 0.2) is 11.5 Å². The number of rotatable bonds is 8. The molecule has 2 aromatic rings. The van der Waals surface area contributed by atoms with Crippen LogP contribution in [0, 0.1) is 0 Å². The molecule has 0 aromatic heterocycles. The molecule has 1 N–H and O–H groups in total. The summed E-state index contributed by atoms with van der Waals surface area (Å²) in [7, 11) is 1.33. The minimum absolute atomic E-state index is 0.135. The Morgan fingerprint density at radius 2 is 1.81 bits per heavy atom. The average Bonchev–Trinajstić information content (AvgIpc) is 2.61. The largest absolute Gasteiger partial charge is 0.545 e. The summed E-state index contributed by atoms with van der Waals surface area (Å²) in [6, 6.07) is 7.72. The second-order valence-electron chi connectivity index (χ2n) is 5.10. The molecule has 0 aliphatic heterocycles. The molecule has 0 atom stereocenters. The van der Waals surface area contributed by atoms with E-state index in [0.29, 0.717) is 0 Å². The van der Waals surface area contributed by atoms with Crippen LogP contribution in [0.4, 0.5) is 14.5 Å². The SMILES string of the molecule is CCOc1cc(NC(=O)c2ccccc2OC(F)F)c(C(=O)[O-])cc1OC. The molecule has 0 aliphatic rings. The standard InChI is InChI=1S/C18H17F2NO6/c1-3-26-15-9-12(11(17(23)24)8-14(15)25-2)21-16(22)10-6-4-5-7-13(10)27-18(19)20/h4-9,18H,3H2,1-2H3,(H,21,22)(H,23,24)/p-1. The van der Waals surface area contributed by atoms with E-state index in [9.17, 15) is 23.5 Å². The molecule has 0 aliphatic carbocycles. The molecule has 0 saturated carbocycles. The molecule has 0 spiro atoms. The molecule has 0 saturated heterocycles. The van der Waals surface area contributed by atoms with E-state index in [-0.39, 0.29) is 40.7 Å². The Kier molecular flexibility index (Phi) is 6.53. The second-order valence-corrected chi connectivity index (χ2v) is 5.10. The van der Waals surface area contributed by atoms with Crippen LogP contribution in [-0.2, 0) is 0 Å². The fourth-order valence-corrected chi connectivity index (χ4v) is 2.30. The fourth-order valence-electron chi connectivity index (χ4n) is 2.30. The van der Waals surface area contributed by atoms with Crippen molar-refractivity contribution in [2.24, 2.45) is 0 Å². The summed E-state index contributed by atoms with van der Waals surface area (Å²) < 4.78 is 39.8. The maximum Gasteiger partial charge on any atom is 0.387 e. The van der Waals surface area contributed by atoms with Crippen molar-refractivity contribution in [3.05, 3.63) is 47.5 Å². The van der Waals surface area contributed by atoms with Crippen LogP contribution in [0.25, 0.3) is 0 Å². The lowest BCUT2D eigenvalue weighted by Crippen LogP contribution is -2.25. The van der Waals surface area contributed by atoms with Gasteiger partial charge in [0.25, 0.3) is 5.91 Å². The van der Waals surface area contributed by atoms with Crippen molar-refractivity contribution in [3.63, 3.8) is 0 Å². The smallest absolute Gasteiger partial charge is 0.387 e. The Morgan fingerprint density at radius 1 is 1.11 bits per heavy atom. The van der Waals surface area contributed by atoms with Crippen molar-refractivity contribution in [1.29, 1.82) is 0 Å². The van der Waals surface area contributed by atoms with Gasteiger partial charge in [0.05, 0.1) is 30.9 Å². The van der Waals surface area contributed by atoms with Crippen molar-refractivity contribution >= 4 is 17.6 Å². The number of aromatic carboxylic acids is 1. The number of hydrogen-bond acceptors (Lipinski definition) is 6. The van der Waals surface area contributed by atoms with Crippen molar-refractivity contribution in [1.82, 2.24) is 0 Å². The van der Waals surface area contributed by atoms with Crippen molar-refractivity contribution in [3.8, 4) is 17.2 Å². The van der Waals surface area contributed by atoms with Gasteiger partial charge in [0.2, 0.25) is 0 Å². The normalized spacial score (nSPS) is 10.4. The molecule has 2 aromatic carbocycles. The number of halogens is 2. The molecular weight excluding hydrogens is 364 g/mol. The first-order valence-electron chi connectivity index (χ1n) is 7.78. The quantitative estimate of drug-likeness (QED) is 0.755.